The lowest BCUT2D eigenvalue weighted by Crippen LogP contribution is -2.31. The lowest BCUT2D eigenvalue weighted by molar-refractivity contribution is 0.0768. The fraction of sp³-hybridized carbons (Fsp3) is 0.636. The molecule has 2 N–H and O–H groups in total. The highest BCUT2D eigenvalue weighted by Crippen LogP contribution is 2.13. The number of rotatable bonds is 6. The summed E-state index contributed by atoms with van der Waals surface area (Å²) in [6.45, 7) is 3.83. The van der Waals surface area contributed by atoms with Crippen molar-refractivity contribution in [1.82, 2.24) is 14.7 Å². The lowest BCUT2D eigenvalue weighted by atomic mass is 10.3. The van der Waals surface area contributed by atoms with E-state index in [0.717, 1.165) is 6.42 Å². The highest BCUT2D eigenvalue weighted by molar-refractivity contribution is 5.97. The third-order valence-electron chi connectivity index (χ3n) is 2.56. The van der Waals surface area contributed by atoms with Gasteiger partial charge in [-0.05, 0) is 13.3 Å². The van der Waals surface area contributed by atoms with Gasteiger partial charge in [-0.3, -0.25) is 9.48 Å². The number of nitrogen functional groups attached to an aromatic ring is 1. The lowest BCUT2D eigenvalue weighted by Gasteiger charge is -2.17. The molecule has 0 aliphatic heterocycles. The number of hydrogen-bond acceptors (Lipinski definition) is 4. The fourth-order valence-electron chi connectivity index (χ4n) is 1.60. The molecule has 1 heterocycles. The standard InChI is InChI=1S/C11H20N4O2/c1-4-15-10(9(12)8-13-15)11(16)14(2)6-5-7-17-3/h8H,4-7,12H2,1-3H3. The van der Waals surface area contributed by atoms with Gasteiger partial charge in [-0.25, -0.2) is 0 Å². The van der Waals surface area contributed by atoms with Crippen molar-refractivity contribution in [2.45, 2.75) is 19.9 Å². The van der Waals surface area contributed by atoms with Gasteiger partial charge in [0.25, 0.3) is 5.91 Å². The molecule has 0 aliphatic carbocycles. The van der Waals surface area contributed by atoms with Gasteiger partial charge in [-0.1, -0.05) is 0 Å². The van der Waals surface area contributed by atoms with E-state index in [2.05, 4.69) is 5.10 Å². The first-order valence-electron chi connectivity index (χ1n) is 5.67. The number of carbonyl (C=O) groups excluding carboxylic acids is 1. The highest BCUT2D eigenvalue weighted by atomic mass is 16.5. The Morgan fingerprint density at radius 2 is 2.35 bits per heavy atom. The molecule has 1 rings (SSSR count). The van der Waals surface area contributed by atoms with Gasteiger partial charge in [-0.2, -0.15) is 5.10 Å². The summed E-state index contributed by atoms with van der Waals surface area (Å²) in [5.41, 5.74) is 6.65. The summed E-state index contributed by atoms with van der Waals surface area (Å²) in [6, 6.07) is 0. The molecule has 0 aromatic carbocycles. The molecular formula is C11H20N4O2. The molecule has 6 nitrogen and oxygen atoms in total. The minimum Gasteiger partial charge on any atom is -0.396 e. The number of amides is 1. The first-order chi connectivity index (χ1) is 8.11. The number of aryl methyl sites for hydroxylation is 1. The van der Waals surface area contributed by atoms with Crippen LogP contribution in [0, 0.1) is 0 Å². The van der Waals surface area contributed by atoms with Crippen LogP contribution in [0.4, 0.5) is 5.69 Å². The second-order valence-electron chi connectivity index (χ2n) is 3.84. The van der Waals surface area contributed by atoms with Crippen LogP contribution in [0.3, 0.4) is 0 Å². The molecule has 0 spiro atoms. The van der Waals surface area contributed by atoms with Gasteiger partial charge < -0.3 is 15.4 Å². The molecule has 0 atom stereocenters. The van der Waals surface area contributed by atoms with E-state index in [0.29, 0.717) is 31.1 Å². The van der Waals surface area contributed by atoms with Gasteiger partial charge in [0.05, 0.1) is 11.9 Å². The van der Waals surface area contributed by atoms with Crippen molar-refractivity contribution in [3.63, 3.8) is 0 Å². The van der Waals surface area contributed by atoms with E-state index < -0.39 is 0 Å². The molecule has 0 unspecified atom stereocenters. The molecule has 1 aromatic rings. The Hall–Kier alpha value is -1.56. The van der Waals surface area contributed by atoms with Crippen molar-refractivity contribution < 1.29 is 9.53 Å². The number of hydrogen-bond donors (Lipinski definition) is 1. The molecule has 6 heteroatoms. The van der Waals surface area contributed by atoms with Gasteiger partial charge in [0.2, 0.25) is 0 Å². The Labute approximate surface area is 101 Å². The number of aromatic nitrogens is 2. The van der Waals surface area contributed by atoms with Crippen LogP contribution in [0.25, 0.3) is 0 Å². The van der Waals surface area contributed by atoms with Gasteiger partial charge in [0, 0.05) is 33.9 Å². The Morgan fingerprint density at radius 1 is 1.65 bits per heavy atom. The number of ether oxygens (including phenoxy) is 1. The van der Waals surface area contributed by atoms with E-state index in [4.69, 9.17) is 10.5 Å². The molecule has 0 aliphatic rings. The molecule has 0 saturated carbocycles. The van der Waals surface area contributed by atoms with E-state index in [9.17, 15) is 4.79 Å². The molecule has 1 aromatic heterocycles. The van der Waals surface area contributed by atoms with E-state index in [1.54, 1.807) is 23.7 Å². The summed E-state index contributed by atoms with van der Waals surface area (Å²) >= 11 is 0. The highest BCUT2D eigenvalue weighted by Gasteiger charge is 2.19. The number of carbonyl (C=O) groups is 1. The van der Waals surface area contributed by atoms with E-state index in [1.165, 1.54) is 6.20 Å². The monoisotopic (exact) mass is 240 g/mol. The molecule has 96 valence electrons. The Balaban J connectivity index is 2.70. The van der Waals surface area contributed by atoms with Crippen molar-refractivity contribution >= 4 is 11.6 Å². The van der Waals surface area contributed by atoms with Crippen LogP contribution in [-0.2, 0) is 11.3 Å². The van der Waals surface area contributed by atoms with Gasteiger partial charge in [-0.15, -0.1) is 0 Å². The largest absolute Gasteiger partial charge is 0.396 e. The molecule has 0 saturated heterocycles. The van der Waals surface area contributed by atoms with Crippen LogP contribution in [-0.4, -0.2) is 47.9 Å². The van der Waals surface area contributed by atoms with Crippen LogP contribution in [0.15, 0.2) is 6.20 Å². The summed E-state index contributed by atoms with van der Waals surface area (Å²) in [6.07, 6.45) is 2.32. The second-order valence-corrected chi connectivity index (χ2v) is 3.84. The summed E-state index contributed by atoms with van der Waals surface area (Å²) in [5.74, 6) is -0.0991. The number of methoxy groups -OCH3 is 1. The van der Waals surface area contributed by atoms with E-state index in [-0.39, 0.29) is 5.91 Å². The fourth-order valence-corrected chi connectivity index (χ4v) is 1.60. The van der Waals surface area contributed by atoms with Gasteiger partial charge in [0.1, 0.15) is 5.69 Å². The van der Waals surface area contributed by atoms with Crippen molar-refractivity contribution in [3.8, 4) is 0 Å². The Bertz CT molecular complexity index is 376. The number of nitrogens with two attached hydrogens (primary N) is 1. The molecular weight excluding hydrogens is 220 g/mol. The average Bonchev–Trinajstić information content (AvgIpc) is 2.69. The zero-order chi connectivity index (χ0) is 12.8. The van der Waals surface area contributed by atoms with Crippen LogP contribution in [0.5, 0.6) is 0 Å². The van der Waals surface area contributed by atoms with Gasteiger partial charge in [0.15, 0.2) is 0 Å². The third kappa shape index (κ3) is 3.20. The maximum atomic E-state index is 12.1. The zero-order valence-electron chi connectivity index (χ0n) is 10.6. The van der Waals surface area contributed by atoms with Crippen molar-refractivity contribution in [2.24, 2.45) is 0 Å². The Kier molecular flexibility index (Phi) is 4.96. The van der Waals surface area contributed by atoms with E-state index in [1.807, 2.05) is 6.92 Å². The van der Waals surface area contributed by atoms with Gasteiger partial charge >= 0.3 is 0 Å². The molecule has 0 radical (unpaired) electrons. The average molecular weight is 240 g/mol. The van der Waals surface area contributed by atoms with Crippen molar-refractivity contribution in [2.75, 3.05) is 33.0 Å². The van der Waals surface area contributed by atoms with Crippen LogP contribution in [0.2, 0.25) is 0 Å². The van der Waals surface area contributed by atoms with E-state index >= 15 is 0 Å². The molecule has 1 amide bonds. The quantitative estimate of drug-likeness (QED) is 0.739. The number of anilines is 1. The van der Waals surface area contributed by atoms with Crippen molar-refractivity contribution in [1.29, 1.82) is 0 Å². The molecule has 0 fully saturated rings. The minimum atomic E-state index is -0.0991. The predicted octanol–water partition coefficient (Wildman–Crippen LogP) is 0.594. The predicted molar refractivity (Wildman–Crippen MR) is 65.8 cm³/mol. The topological polar surface area (TPSA) is 73.4 Å². The Morgan fingerprint density at radius 3 is 2.94 bits per heavy atom. The second kappa shape index (κ2) is 6.24. The summed E-state index contributed by atoms with van der Waals surface area (Å²) < 4.78 is 6.57. The summed E-state index contributed by atoms with van der Waals surface area (Å²) in [5, 5.41) is 4.05. The molecule has 17 heavy (non-hydrogen) atoms. The smallest absolute Gasteiger partial charge is 0.274 e. The maximum absolute atomic E-state index is 12.1. The maximum Gasteiger partial charge on any atom is 0.274 e. The van der Waals surface area contributed by atoms with Crippen LogP contribution < -0.4 is 5.73 Å². The molecule has 0 bridgehead atoms. The first kappa shape index (κ1) is 13.5. The normalized spacial score (nSPS) is 10.5. The number of nitrogens with zero attached hydrogens (tertiary/aromatic N) is 3. The van der Waals surface area contributed by atoms with Crippen LogP contribution >= 0.6 is 0 Å². The SMILES string of the molecule is CCn1ncc(N)c1C(=O)N(C)CCCOC. The van der Waals surface area contributed by atoms with Crippen LogP contribution in [0.1, 0.15) is 23.8 Å². The zero-order valence-corrected chi connectivity index (χ0v) is 10.6. The van der Waals surface area contributed by atoms with Crippen molar-refractivity contribution in [3.05, 3.63) is 11.9 Å². The third-order valence-corrected chi connectivity index (χ3v) is 2.56. The minimum absolute atomic E-state index is 0.0991. The summed E-state index contributed by atoms with van der Waals surface area (Å²) in [4.78, 5) is 13.8. The summed E-state index contributed by atoms with van der Waals surface area (Å²) in [7, 11) is 3.40. The first-order valence-corrected chi connectivity index (χ1v) is 5.67.